The highest BCUT2D eigenvalue weighted by molar-refractivity contribution is 5.89. The van der Waals surface area contributed by atoms with Gasteiger partial charge in [-0.2, -0.15) is 0 Å². The van der Waals surface area contributed by atoms with Crippen LogP contribution >= 0.6 is 0 Å². The van der Waals surface area contributed by atoms with Gasteiger partial charge in [0.15, 0.2) is 0 Å². The molecule has 24 heavy (non-hydrogen) atoms. The largest absolute Gasteiger partial charge is 0.481 e. The monoisotopic (exact) mass is 332 g/mol. The molecule has 2 rings (SSSR count). The van der Waals surface area contributed by atoms with Gasteiger partial charge in [-0.3, -0.25) is 14.4 Å². The zero-order valence-corrected chi connectivity index (χ0v) is 14.4. The first-order valence-electron chi connectivity index (χ1n) is 8.09. The van der Waals surface area contributed by atoms with Gasteiger partial charge in [-0.25, -0.2) is 0 Å². The molecule has 1 aliphatic heterocycles. The number of carbonyl (C=O) groups excluding carboxylic acids is 2. The predicted octanol–water partition coefficient (Wildman–Crippen LogP) is 1.52. The van der Waals surface area contributed by atoms with Gasteiger partial charge in [-0.05, 0) is 12.5 Å². The number of benzene rings is 1. The van der Waals surface area contributed by atoms with Crippen LogP contribution in [0.25, 0.3) is 0 Å². The van der Waals surface area contributed by atoms with E-state index in [-0.39, 0.29) is 24.8 Å². The number of amides is 2. The highest BCUT2D eigenvalue weighted by atomic mass is 16.4. The number of hydrogen-bond donors (Lipinski definition) is 1. The third-order valence-corrected chi connectivity index (χ3v) is 4.40. The van der Waals surface area contributed by atoms with E-state index in [0.717, 1.165) is 11.1 Å². The smallest absolute Gasteiger partial charge is 0.308 e. The summed E-state index contributed by atoms with van der Waals surface area (Å²) in [5.41, 5.74) is 2.20. The van der Waals surface area contributed by atoms with Gasteiger partial charge < -0.3 is 14.9 Å². The van der Waals surface area contributed by atoms with E-state index in [0.29, 0.717) is 13.1 Å². The minimum atomic E-state index is -0.932. The zero-order chi connectivity index (χ0) is 17.9. The Morgan fingerprint density at radius 1 is 1.33 bits per heavy atom. The summed E-state index contributed by atoms with van der Waals surface area (Å²) >= 11 is 0. The van der Waals surface area contributed by atoms with E-state index < -0.39 is 17.8 Å². The van der Waals surface area contributed by atoms with Crippen molar-refractivity contribution < 1.29 is 19.5 Å². The maximum absolute atomic E-state index is 12.4. The Kier molecular flexibility index (Phi) is 5.59. The average molecular weight is 332 g/mol. The number of carbonyl (C=O) groups is 3. The van der Waals surface area contributed by atoms with Gasteiger partial charge >= 0.3 is 5.97 Å². The van der Waals surface area contributed by atoms with E-state index in [4.69, 9.17) is 5.11 Å². The van der Waals surface area contributed by atoms with E-state index in [2.05, 4.69) is 0 Å². The molecule has 1 aromatic rings. The van der Waals surface area contributed by atoms with Crippen LogP contribution in [0.15, 0.2) is 24.3 Å². The molecule has 1 heterocycles. The third-order valence-electron chi connectivity index (χ3n) is 4.40. The number of aliphatic carboxylic acids is 1. The summed E-state index contributed by atoms with van der Waals surface area (Å²) in [6, 6.07) is 7.97. The molecule has 1 saturated heterocycles. The van der Waals surface area contributed by atoms with Gasteiger partial charge in [0, 0.05) is 33.1 Å². The summed E-state index contributed by atoms with van der Waals surface area (Å²) < 4.78 is 0. The maximum atomic E-state index is 12.4. The van der Waals surface area contributed by atoms with E-state index in [9.17, 15) is 14.4 Å². The van der Waals surface area contributed by atoms with E-state index >= 15 is 0 Å². The number of carboxylic acids is 1. The first kappa shape index (κ1) is 18.0. The second-order valence-corrected chi connectivity index (χ2v) is 6.62. The molecule has 0 unspecified atom stereocenters. The molecular formula is C18H24N2O4. The summed E-state index contributed by atoms with van der Waals surface area (Å²) in [6.45, 7) is 4.61. The molecule has 1 N–H and O–H groups in total. The van der Waals surface area contributed by atoms with Crippen LogP contribution in [0.1, 0.15) is 24.5 Å². The first-order chi connectivity index (χ1) is 11.3. The number of rotatable bonds is 6. The lowest BCUT2D eigenvalue weighted by atomic mass is 10.1. The van der Waals surface area contributed by atoms with Gasteiger partial charge in [0.05, 0.1) is 11.8 Å². The van der Waals surface area contributed by atoms with Crippen LogP contribution in [-0.4, -0.2) is 52.8 Å². The Balaban J connectivity index is 1.94. The number of hydrogen-bond acceptors (Lipinski definition) is 3. The van der Waals surface area contributed by atoms with Crippen LogP contribution in [0, 0.1) is 18.8 Å². The Bertz CT molecular complexity index is 626. The molecule has 6 heteroatoms. The van der Waals surface area contributed by atoms with Gasteiger partial charge in [0.25, 0.3) is 0 Å². The normalized spacial score (nSPS) is 18.5. The van der Waals surface area contributed by atoms with Crippen LogP contribution in [0.2, 0.25) is 0 Å². The lowest BCUT2D eigenvalue weighted by Gasteiger charge is -2.23. The number of aryl methyl sites for hydroxylation is 1. The summed E-state index contributed by atoms with van der Waals surface area (Å²) in [6.07, 6.45) is 0.191. The lowest BCUT2D eigenvalue weighted by Crippen LogP contribution is -2.38. The molecule has 2 atom stereocenters. The fourth-order valence-corrected chi connectivity index (χ4v) is 2.89. The minimum absolute atomic E-state index is 0.0337. The number of nitrogens with zero attached hydrogens (tertiary/aromatic N) is 2. The summed E-state index contributed by atoms with van der Waals surface area (Å²) in [4.78, 5) is 38.6. The Labute approximate surface area is 142 Å². The average Bonchev–Trinajstić information content (AvgIpc) is 2.89. The molecule has 2 amide bonds. The number of carboxylic acid groups (broad SMARTS) is 1. The molecule has 0 bridgehead atoms. The molecule has 0 aliphatic carbocycles. The van der Waals surface area contributed by atoms with Gasteiger partial charge in [0.1, 0.15) is 0 Å². The quantitative estimate of drug-likeness (QED) is 0.857. The van der Waals surface area contributed by atoms with Crippen molar-refractivity contribution >= 4 is 17.8 Å². The Morgan fingerprint density at radius 2 is 1.96 bits per heavy atom. The van der Waals surface area contributed by atoms with Gasteiger partial charge in [-0.15, -0.1) is 0 Å². The highest BCUT2D eigenvalue weighted by Gasteiger charge is 2.36. The minimum Gasteiger partial charge on any atom is -0.481 e. The fourth-order valence-electron chi connectivity index (χ4n) is 2.89. The van der Waals surface area contributed by atoms with Crippen molar-refractivity contribution in [2.45, 2.75) is 26.8 Å². The van der Waals surface area contributed by atoms with Crippen LogP contribution in [-0.2, 0) is 20.9 Å². The van der Waals surface area contributed by atoms with Crippen LogP contribution in [0.4, 0.5) is 0 Å². The van der Waals surface area contributed by atoms with Crippen LogP contribution < -0.4 is 0 Å². The molecule has 0 saturated carbocycles. The van der Waals surface area contributed by atoms with Crippen molar-refractivity contribution in [2.75, 3.05) is 20.1 Å². The molecule has 1 aromatic carbocycles. The molecule has 130 valence electrons. The van der Waals surface area contributed by atoms with Crippen molar-refractivity contribution in [3.05, 3.63) is 35.4 Å². The van der Waals surface area contributed by atoms with E-state index in [1.807, 2.05) is 31.2 Å². The van der Waals surface area contributed by atoms with E-state index in [1.165, 1.54) is 4.90 Å². The fraction of sp³-hybridized carbons (Fsp3) is 0.500. The maximum Gasteiger partial charge on any atom is 0.308 e. The summed E-state index contributed by atoms with van der Waals surface area (Å²) in [5, 5.41) is 8.95. The molecule has 1 aliphatic rings. The van der Waals surface area contributed by atoms with Crippen molar-refractivity contribution in [2.24, 2.45) is 11.8 Å². The topological polar surface area (TPSA) is 77.9 Å². The highest BCUT2D eigenvalue weighted by Crippen LogP contribution is 2.22. The molecule has 1 fully saturated rings. The molecule has 0 aromatic heterocycles. The molecular weight excluding hydrogens is 308 g/mol. The van der Waals surface area contributed by atoms with Crippen molar-refractivity contribution in [1.29, 1.82) is 0 Å². The predicted molar refractivity (Wildman–Crippen MR) is 89.1 cm³/mol. The molecule has 6 nitrogen and oxygen atoms in total. The Morgan fingerprint density at radius 3 is 2.54 bits per heavy atom. The third kappa shape index (κ3) is 4.34. The number of likely N-dealkylation sites (tertiary alicyclic amines) is 1. The van der Waals surface area contributed by atoms with Crippen LogP contribution in [0.3, 0.4) is 0 Å². The first-order valence-corrected chi connectivity index (χ1v) is 8.09. The molecule has 0 radical (unpaired) electrons. The van der Waals surface area contributed by atoms with Crippen molar-refractivity contribution in [3.63, 3.8) is 0 Å². The second-order valence-electron chi connectivity index (χ2n) is 6.62. The SMILES string of the molecule is Cc1ccc(CN2C[C@@H](C(=O)N(C)C[C@@H](C)C(=O)O)CC2=O)cc1. The summed E-state index contributed by atoms with van der Waals surface area (Å²) in [7, 11) is 1.59. The lowest BCUT2D eigenvalue weighted by molar-refractivity contribution is -0.143. The van der Waals surface area contributed by atoms with Gasteiger partial charge in [0.2, 0.25) is 11.8 Å². The van der Waals surface area contributed by atoms with Gasteiger partial charge in [-0.1, -0.05) is 36.8 Å². The molecule has 0 spiro atoms. The van der Waals surface area contributed by atoms with Crippen molar-refractivity contribution in [1.82, 2.24) is 9.80 Å². The zero-order valence-electron chi connectivity index (χ0n) is 14.4. The Hall–Kier alpha value is -2.37. The van der Waals surface area contributed by atoms with Crippen LogP contribution in [0.5, 0.6) is 0 Å². The van der Waals surface area contributed by atoms with E-state index in [1.54, 1.807) is 18.9 Å². The van der Waals surface area contributed by atoms with Crippen molar-refractivity contribution in [3.8, 4) is 0 Å². The standard InChI is InChI=1S/C18H24N2O4/c1-12-4-6-14(7-5-12)10-20-11-15(8-16(20)21)17(22)19(3)9-13(2)18(23)24/h4-7,13,15H,8-11H2,1-3H3,(H,23,24)/t13-,15+/m1/s1. The second kappa shape index (κ2) is 7.47. The summed E-state index contributed by atoms with van der Waals surface area (Å²) in [5.74, 6) is -2.15.